The second kappa shape index (κ2) is 6.92. The monoisotopic (exact) mass is 196 g/mol. The molecule has 1 heterocycles. The number of hydrogen-bond donors (Lipinski definition) is 1. The van der Waals surface area contributed by atoms with Crippen molar-refractivity contribution in [1.82, 2.24) is 10.3 Å². The summed E-state index contributed by atoms with van der Waals surface area (Å²) >= 11 is 1.83. The molecule has 0 amide bonds. The van der Waals surface area contributed by atoms with Gasteiger partial charge in [0.15, 0.2) is 0 Å². The molecule has 0 saturated carbocycles. The summed E-state index contributed by atoms with van der Waals surface area (Å²) in [6.07, 6.45) is 4.34. The third-order valence-electron chi connectivity index (χ3n) is 1.71. The molecular weight excluding hydrogens is 180 g/mol. The van der Waals surface area contributed by atoms with Crippen molar-refractivity contribution < 1.29 is 0 Å². The molecule has 2 nitrogen and oxygen atoms in total. The van der Waals surface area contributed by atoms with Gasteiger partial charge in [0.05, 0.1) is 5.03 Å². The number of nitrogens with one attached hydrogen (secondary N) is 1. The van der Waals surface area contributed by atoms with Gasteiger partial charge in [-0.3, -0.25) is 0 Å². The van der Waals surface area contributed by atoms with E-state index in [4.69, 9.17) is 0 Å². The number of nitrogens with zero attached hydrogens (tertiary/aromatic N) is 1. The first kappa shape index (κ1) is 10.5. The predicted molar refractivity (Wildman–Crippen MR) is 58.1 cm³/mol. The second-order valence-corrected chi connectivity index (χ2v) is 3.94. The Labute approximate surface area is 84.1 Å². The lowest BCUT2D eigenvalue weighted by Gasteiger charge is -2.00. The van der Waals surface area contributed by atoms with Crippen LogP contribution in [0.3, 0.4) is 0 Å². The maximum Gasteiger partial charge on any atom is 0.0959 e. The van der Waals surface area contributed by atoms with E-state index in [0.29, 0.717) is 0 Å². The Bertz CT molecular complexity index is 213. The van der Waals surface area contributed by atoms with Gasteiger partial charge in [-0.15, -0.1) is 11.8 Å². The first-order chi connectivity index (χ1) is 6.43. The molecule has 1 rings (SSSR count). The lowest BCUT2D eigenvalue weighted by atomic mass is 10.3. The Balaban J connectivity index is 2.07. The Morgan fingerprint density at radius 3 is 3.00 bits per heavy atom. The lowest BCUT2D eigenvalue weighted by molar-refractivity contribution is 0.714. The number of rotatable bonds is 6. The van der Waals surface area contributed by atoms with Crippen molar-refractivity contribution in [2.75, 3.05) is 19.3 Å². The van der Waals surface area contributed by atoms with E-state index in [0.717, 1.165) is 11.6 Å². The van der Waals surface area contributed by atoms with E-state index in [9.17, 15) is 0 Å². The van der Waals surface area contributed by atoms with Gasteiger partial charge in [0.25, 0.3) is 0 Å². The normalized spacial score (nSPS) is 10.2. The van der Waals surface area contributed by atoms with Crippen LogP contribution >= 0.6 is 11.8 Å². The summed E-state index contributed by atoms with van der Waals surface area (Å²) in [7, 11) is 1.99. The Morgan fingerprint density at radius 2 is 2.31 bits per heavy atom. The van der Waals surface area contributed by atoms with Gasteiger partial charge in [0.1, 0.15) is 0 Å². The fraction of sp³-hybridized carbons (Fsp3) is 0.500. The number of thioether (sulfide) groups is 1. The minimum Gasteiger partial charge on any atom is -0.320 e. The van der Waals surface area contributed by atoms with Crippen LogP contribution in [0.4, 0.5) is 0 Å². The van der Waals surface area contributed by atoms with Crippen LogP contribution in [-0.2, 0) is 0 Å². The number of aromatic nitrogens is 1. The van der Waals surface area contributed by atoms with E-state index in [2.05, 4.69) is 16.4 Å². The molecule has 72 valence electrons. The standard InChI is InChI=1S/C10H16N2S/c1-11-7-4-5-9-13-10-6-2-3-8-12-10/h2-3,6,8,11H,4-5,7,9H2,1H3. The summed E-state index contributed by atoms with van der Waals surface area (Å²) in [5.74, 6) is 1.17. The smallest absolute Gasteiger partial charge is 0.0959 e. The number of pyridine rings is 1. The molecule has 1 aromatic heterocycles. The van der Waals surface area contributed by atoms with Gasteiger partial charge >= 0.3 is 0 Å². The molecule has 0 bridgehead atoms. The van der Waals surface area contributed by atoms with Gasteiger partial charge in [0, 0.05) is 6.20 Å². The van der Waals surface area contributed by atoms with Crippen molar-refractivity contribution >= 4 is 11.8 Å². The molecule has 0 aliphatic rings. The molecule has 0 aliphatic heterocycles. The number of hydrogen-bond acceptors (Lipinski definition) is 3. The maximum atomic E-state index is 4.24. The summed E-state index contributed by atoms with van der Waals surface area (Å²) in [5.41, 5.74) is 0. The molecule has 0 atom stereocenters. The molecule has 0 spiro atoms. The minimum absolute atomic E-state index is 1.11. The van der Waals surface area contributed by atoms with Crippen molar-refractivity contribution in [3.8, 4) is 0 Å². The molecule has 3 heteroatoms. The highest BCUT2D eigenvalue weighted by Crippen LogP contribution is 2.15. The van der Waals surface area contributed by atoms with Crippen LogP contribution in [0, 0.1) is 0 Å². The zero-order valence-corrected chi connectivity index (χ0v) is 8.81. The zero-order chi connectivity index (χ0) is 9.36. The van der Waals surface area contributed by atoms with Gasteiger partial charge < -0.3 is 5.32 Å². The van der Waals surface area contributed by atoms with Crippen LogP contribution in [-0.4, -0.2) is 24.3 Å². The van der Waals surface area contributed by atoms with Crippen LogP contribution in [0.2, 0.25) is 0 Å². The lowest BCUT2D eigenvalue weighted by Crippen LogP contribution is -2.07. The number of unbranched alkanes of at least 4 members (excludes halogenated alkanes) is 1. The SMILES string of the molecule is CNCCCCSc1ccccn1. The third-order valence-corrected chi connectivity index (χ3v) is 2.74. The van der Waals surface area contributed by atoms with Crippen LogP contribution in [0.15, 0.2) is 29.4 Å². The van der Waals surface area contributed by atoms with E-state index in [1.807, 2.05) is 37.1 Å². The fourth-order valence-electron chi connectivity index (χ4n) is 1.01. The molecule has 0 aliphatic carbocycles. The Morgan fingerprint density at radius 1 is 1.38 bits per heavy atom. The predicted octanol–water partition coefficient (Wildman–Crippen LogP) is 2.17. The van der Waals surface area contributed by atoms with Crippen molar-refractivity contribution in [2.24, 2.45) is 0 Å². The van der Waals surface area contributed by atoms with E-state index >= 15 is 0 Å². The average Bonchev–Trinajstić information content (AvgIpc) is 2.19. The molecule has 13 heavy (non-hydrogen) atoms. The molecule has 0 unspecified atom stereocenters. The first-order valence-corrected chi connectivity index (χ1v) is 5.60. The van der Waals surface area contributed by atoms with E-state index in [-0.39, 0.29) is 0 Å². The summed E-state index contributed by atoms with van der Waals surface area (Å²) < 4.78 is 0. The highest BCUT2D eigenvalue weighted by atomic mass is 32.2. The van der Waals surface area contributed by atoms with Crippen molar-refractivity contribution in [3.05, 3.63) is 24.4 Å². The van der Waals surface area contributed by atoms with Gasteiger partial charge in [-0.1, -0.05) is 6.07 Å². The van der Waals surface area contributed by atoms with Crippen LogP contribution in [0.1, 0.15) is 12.8 Å². The van der Waals surface area contributed by atoms with Crippen molar-refractivity contribution in [2.45, 2.75) is 17.9 Å². The fourth-order valence-corrected chi connectivity index (χ4v) is 1.88. The van der Waals surface area contributed by atoms with Crippen LogP contribution < -0.4 is 5.32 Å². The largest absolute Gasteiger partial charge is 0.320 e. The molecule has 0 fully saturated rings. The molecule has 0 saturated heterocycles. The van der Waals surface area contributed by atoms with Crippen LogP contribution in [0.25, 0.3) is 0 Å². The minimum atomic E-state index is 1.11. The topological polar surface area (TPSA) is 24.9 Å². The highest BCUT2D eigenvalue weighted by molar-refractivity contribution is 7.99. The Hall–Kier alpha value is -0.540. The van der Waals surface area contributed by atoms with E-state index < -0.39 is 0 Å². The van der Waals surface area contributed by atoms with E-state index in [1.165, 1.54) is 18.6 Å². The van der Waals surface area contributed by atoms with Crippen molar-refractivity contribution in [1.29, 1.82) is 0 Å². The average molecular weight is 196 g/mol. The highest BCUT2D eigenvalue weighted by Gasteiger charge is 1.93. The molecular formula is C10H16N2S. The molecule has 1 N–H and O–H groups in total. The zero-order valence-electron chi connectivity index (χ0n) is 7.99. The summed E-state index contributed by atoms with van der Waals surface area (Å²) in [6, 6.07) is 6.04. The Kier molecular flexibility index (Phi) is 5.61. The van der Waals surface area contributed by atoms with Gasteiger partial charge in [-0.2, -0.15) is 0 Å². The quantitative estimate of drug-likeness (QED) is 0.557. The second-order valence-electron chi connectivity index (χ2n) is 2.83. The molecule has 1 aromatic rings. The van der Waals surface area contributed by atoms with Crippen molar-refractivity contribution in [3.63, 3.8) is 0 Å². The van der Waals surface area contributed by atoms with E-state index in [1.54, 1.807) is 0 Å². The summed E-state index contributed by atoms with van der Waals surface area (Å²) in [5, 5.41) is 4.27. The van der Waals surface area contributed by atoms with Gasteiger partial charge in [0.2, 0.25) is 0 Å². The first-order valence-electron chi connectivity index (χ1n) is 4.62. The maximum absolute atomic E-state index is 4.24. The van der Waals surface area contributed by atoms with Gasteiger partial charge in [-0.25, -0.2) is 4.98 Å². The van der Waals surface area contributed by atoms with Gasteiger partial charge in [-0.05, 0) is 44.3 Å². The summed E-state index contributed by atoms with van der Waals surface area (Å²) in [4.78, 5) is 4.24. The molecule has 0 radical (unpaired) electrons. The molecule has 0 aromatic carbocycles. The van der Waals surface area contributed by atoms with Crippen LogP contribution in [0.5, 0.6) is 0 Å². The third kappa shape index (κ3) is 4.90. The summed E-state index contributed by atoms with van der Waals surface area (Å²) in [6.45, 7) is 1.11.